The van der Waals surface area contributed by atoms with Crippen molar-refractivity contribution in [3.05, 3.63) is 0 Å². The average molecular weight is 1010 g/mol. The van der Waals surface area contributed by atoms with E-state index in [1.807, 2.05) is 56.3 Å². The average Bonchev–Trinajstić information content (AvgIpc) is 3.42. The van der Waals surface area contributed by atoms with Gasteiger partial charge in [-0.3, -0.25) is 4.79 Å². The van der Waals surface area contributed by atoms with Crippen LogP contribution >= 0.6 is 0 Å². The molecule has 18 nitrogen and oxygen atoms in total. The van der Waals surface area contributed by atoms with Gasteiger partial charge in [0.15, 0.2) is 12.5 Å². The van der Waals surface area contributed by atoms with Gasteiger partial charge in [-0.2, -0.15) is 47.4 Å². The van der Waals surface area contributed by atoms with Crippen LogP contribution in [0.15, 0.2) is 0 Å². The van der Waals surface area contributed by atoms with E-state index in [1.54, 1.807) is 32.9 Å². The molecule has 0 N–H and O–H groups in total. The quantitative estimate of drug-likeness (QED) is 0.0585. The summed E-state index contributed by atoms with van der Waals surface area (Å²) in [6.45, 7) is 13.4. The number of nitriles is 9. The van der Waals surface area contributed by atoms with Crippen molar-refractivity contribution in [2.45, 2.75) is 98.2 Å². The summed E-state index contributed by atoms with van der Waals surface area (Å²) in [5.41, 5.74) is 0. The molecule has 0 radical (unpaired) electrons. The van der Waals surface area contributed by atoms with Gasteiger partial charge in [-0.15, -0.1) is 50.4 Å². The van der Waals surface area contributed by atoms with Crippen LogP contribution in [-0.4, -0.2) is 104 Å². The van der Waals surface area contributed by atoms with E-state index in [0.29, 0.717) is 91.8 Å². The molecule has 0 aromatic heterocycles. The maximum Gasteiger partial charge on any atom is 0.325 e. The first-order chi connectivity index (χ1) is 35.9. The minimum Gasteiger partial charge on any atom is -0.452 e. The SMILES string of the molecule is C#CC(C)OCCC#N.C#CC(CC)OCCC#N.C#CCOC(=O)C(C#N)CC#N.C#CCOCC(C)C#N.C#CCOCCC#N.C#CCOCCCC#N.CC#CCOCC#N.CCC#CCOCC#N. The molecule has 0 aliphatic rings. The summed E-state index contributed by atoms with van der Waals surface area (Å²) in [5, 5.41) is 73.0. The van der Waals surface area contributed by atoms with Gasteiger partial charge in [0.1, 0.15) is 58.5 Å². The van der Waals surface area contributed by atoms with Crippen LogP contribution in [0.25, 0.3) is 0 Å². The lowest BCUT2D eigenvalue weighted by atomic mass is 10.1. The highest BCUT2D eigenvalue weighted by Gasteiger charge is 2.18. The second-order valence-corrected chi connectivity index (χ2v) is 12.2. The van der Waals surface area contributed by atoms with Crippen molar-refractivity contribution < 1.29 is 42.7 Å². The second-order valence-electron chi connectivity index (χ2n) is 12.2. The minimum absolute atomic E-state index is 0.0571. The molecule has 4 unspecified atom stereocenters. The van der Waals surface area contributed by atoms with Crippen molar-refractivity contribution in [2.24, 2.45) is 11.8 Å². The van der Waals surface area contributed by atoms with E-state index in [1.165, 1.54) is 0 Å². The number of ether oxygens (including phenoxy) is 8. The van der Waals surface area contributed by atoms with Crippen LogP contribution in [0.3, 0.4) is 0 Å². The molecule has 0 heterocycles. The molecule has 0 aromatic rings. The Bertz CT molecular complexity index is 2090. The summed E-state index contributed by atoms with van der Waals surface area (Å²) in [7, 11) is 0. The van der Waals surface area contributed by atoms with Crippen molar-refractivity contribution in [3.8, 4) is 152 Å². The van der Waals surface area contributed by atoms with Crippen LogP contribution in [0, 0.1) is 212 Å². The lowest BCUT2D eigenvalue weighted by Crippen LogP contribution is -2.15. The molecule has 390 valence electrons. The summed E-state index contributed by atoms with van der Waals surface area (Å²) in [4.78, 5) is 10.8. The molecular formula is C56H67N9O9. The number of carbonyl (C=O) groups excluding carboxylic acids is 1. The third-order valence-corrected chi connectivity index (χ3v) is 6.18. The normalized spacial score (nSPS) is 9.27. The van der Waals surface area contributed by atoms with Crippen LogP contribution in [0.1, 0.15) is 86.0 Å². The summed E-state index contributed by atoms with van der Waals surface area (Å²) in [6, 6.07) is 16.9. The first-order valence-electron chi connectivity index (χ1n) is 22.1. The number of terminal acetylenes is 6. The molecule has 0 aliphatic heterocycles. The fourth-order valence-electron chi connectivity index (χ4n) is 2.86. The van der Waals surface area contributed by atoms with E-state index in [-0.39, 0.29) is 44.4 Å². The first kappa shape index (κ1) is 82.0. The van der Waals surface area contributed by atoms with E-state index >= 15 is 0 Å². The van der Waals surface area contributed by atoms with Gasteiger partial charge in [0, 0.05) is 19.4 Å². The van der Waals surface area contributed by atoms with Gasteiger partial charge in [-0.05, 0) is 33.6 Å². The molecule has 0 rings (SSSR count). The summed E-state index contributed by atoms with van der Waals surface area (Å²) < 4.78 is 38.5. The van der Waals surface area contributed by atoms with E-state index in [9.17, 15) is 4.79 Å². The Morgan fingerprint density at radius 2 is 1.00 bits per heavy atom. The first-order valence-corrected chi connectivity index (χ1v) is 22.1. The van der Waals surface area contributed by atoms with Crippen molar-refractivity contribution >= 4 is 5.97 Å². The van der Waals surface area contributed by atoms with E-state index in [0.717, 1.165) is 19.3 Å². The summed E-state index contributed by atoms with van der Waals surface area (Å²) in [5.74, 6) is 23.0. The predicted octanol–water partition coefficient (Wildman–Crippen LogP) is 6.26. The molecule has 0 spiro atoms. The maximum atomic E-state index is 10.8. The topological polar surface area (TPSA) is 305 Å². The fourth-order valence-corrected chi connectivity index (χ4v) is 2.86. The number of unbranched alkanes of at least 4 members (excludes halogenated alkanes) is 1. The van der Waals surface area contributed by atoms with Gasteiger partial charge in [0.25, 0.3) is 0 Å². The monoisotopic (exact) mass is 1010 g/mol. The summed E-state index contributed by atoms with van der Waals surface area (Å²) >= 11 is 0. The van der Waals surface area contributed by atoms with Crippen molar-refractivity contribution in [3.63, 3.8) is 0 Å². The van der Waals surface area contributed by atoms with Gasteiger partial charge in [-0.25, -0.2) is 0 Å². The molecule has 4 atom stereocenters. The molecule has 18 heteroatoms. The van der Waals surface area contributed by atoms with Crippen LogP contribution in [0.2, 0.25) is 0 Å². The van der Waals surface area contributed by atoms with Crippen LogP contribution in [0.4, 0.5) is 0 Å². The number of hydrogen-bond donors (Lipinski definition) is 0. The number of carbonyl (C=O) groups is 1. The standard InChI is InChI=1S/C8H6N2O2.C8H11NO.4C7H9NO.2C6H7NO/c1-2-5-12-8(11)7(6-10)3-4-9;1-3-8(4-2)10-7-5-6-9;1-3-7(2)9-6-4-5-8;1-3-4-9-6-7(2)5-8;1-2-6-9-7-4-3-5-8;1-2-3-4-6-9-7-5-8;1-2-5-8-6-3-4-7;1-2-3-5-8-6-4-7/h1,7H,3,5H2;1,8H,4-5,7H2,2H3;2*1,7H,4,6H2,2H3;1H,3-4,6-7H2;2,6-7H2,1H3;1H,3,5-6H2;5-6H2,1H3. The van der Waals surface area contributed by atoms with Crippen molar-refractivity contribution in [2.75, 3.05) is 85.9 Å². The Hall–Kier alpha value is -8.92. The highest BCUT2D eigenvalue weighted by atomic mass is 16.5. The Balaban J connectivity index is -0.000000112. The third-order valence-electron chi connectivity index (χ3n) is 6.18. The highest BCUT2D eigenvalue weighted by Crippen LogP contribution is 2.02. The van der Waals surface area contributed by atoms with E-state index in [4.69, 9.17) is 114 Å². The molecular weight excluding hydrogens is 943 g/mol. The Morgan fingerprint density at radius 3 is 1.42 bits per heavy atom. The van der Waals surface area contributed by atoms with Crippen molar-refractivity contribution in [1.29, 1.82) is 47.4 Å². The van der Waals surface area contributed by atoms with Crippen LogP contribution in [-0.2, 0) is 42.7 Å². The second kappa shape index (κ2) is 87.2. The minimum atomic E-state index is -1.02. The number of hydrogen-bond acceptors (Lipinski definition) is 18. The van der Waals surface area contributed by atoms with Crippen molar-refractivity contribution in [1.82, 2.24) is 0 Å². The van der Waals surface area contributed by atoms with Crippen LogP contribution in [0.5, 0.6) is 0 Å². The molecule has 0 fully saturated rings. The Morgan fingerprint density at radius 1 is 0.500 bits per heavy atom. The van der Waals surface area contributed by atoms with Gasteiger partial charge >= 0.3 is 5.97 Å². The van der Waals surface area contributed by atoms with Gasteiger partial charge < -0.3 is 37.9 Å². The Kier molecular flexibility index (Phi) is 96.6. The summed E-state index contributed by atoms with van der Waals surface area (Å²) in [6.07, 6.45) is 33.3. The third kappa shape index (κ3) is 101. The number of rotatable bonds is 24. The van der Waals surface area contributed by atoms with E-state index < -0.39 is 11.9 Å². The zero-order valence-electron chi connectivity index (χ0n) is 43.3. The lowest BCUT2D eigenvalue weighted by molar-refractivity contribution is -0.144. The molecule has 0 amide bonds. The molecule has 0 bridgehead atoms. The maximum absolute atomic E-state index is 10.8. The predicted molar refractivity (Wildman–Crippen MR) is 276 cm³/mol. The zero-order chi connectivity index (χ0) is 57.8. The molecule has 0 saturated carbocycles. The fraction of sp³-hybridized carbons (Fsp3) is 0.536. The largest absolute Gasteiger partial charge is 0.452 e. The number of nitrogens with zero attached hydrogens (tertiary/aromatic N) is 9. The number of esters is 1. The smallest absolute Gasteiger partial charge is 0.325 e. The molecule has 0 aliphatic carbocycles. The van der Waals surface area contributed by atoms with E-state index in [2.05, 4.69) is 68.7 Å². The molecule has 74 heavy (non-hydrogen) atoms. The molecule has 0 saturated heterocycles. The van der Waals surface area contributed by atoms with Gasteiger partial charge in [0.2, 0.25) is 0 Å². The van der Waals surface area contributed by atoms with Gasteiger partial charge in [0.05, 0.1) is 113 Å². The van der Waals surface area contributed by atoms with Gasteiger partial charge in [-0.1, -0.05) is 61.2 Å². The lowest BCUT2D eigenvalue weighted by Gasteiger charge is -2.06. The highest BCUT2D eigenvalue weighted by molar-refractivity contribution is 5.75. The zero-order valence-corrected chi connectivity index (χ0v) is 43.3. The van der Waals surface area contributed by atoms with Crippen LogP contribution < -0.4 is 0 Å². The Labute approximate surface area is 442 Å². The molecule has 0 aromatic carbocycles.